The molecule has 0 unspecified atom stereocenters. The number of aliphatic imine (C=N–C) groups is 2. The molecule has 396 valence electrons. The van der Waals surface area contributed by atoms with Crippen LogP contribution in [0, 0.1) is 0 Å². The third-order valence-corrected chi connectivity index (χ3v) is 9.64. The third kappa shape index (κ3) is 32.0. The predicted molar refractivity (Wildman–Crippen MR) is 285 cm³/mol. The Bertz CT molecular complexity index is 1980. The zero-order valence-electron chi connectivity index (χ0n) is 46.9. The molecule has 0 N–H and O–H groups in total. The van der Waals surface area contributed by atoms with Gasteiger partial charge in [0.05, 0.1) is 30.5 Å². The van der Waals surface area contributed by atoms with Crippen LogP contribution in [0.15, 0.2) is 71.7 Å². The van der Waals surface area contributed by atoms with Gasteiger partial charge in [0.2, 0.25) is 12.7 Å². The molecule has 0 bridgehead atoms. The average molecular weight is 1340 g/mol. The summed E-state index contributed by atoms with van der Waals surface area (Å²) in [5.74, 6) is 0.190. The Morgan fingerprint density at radius 1 is 0.557 bits per heavy atom. The quantitative estimate of drug-likeness (QED) is 0.103. The van der Waals surface area contributed by atoms with Crippen molar-refractivity contribution in [3.05, 3.63) is 95.1 Å². The molecule has 0 fully saturated rings. The molecular weight excluding hydrogens is 1250 g/mol. The van der Waals surface area contributed by atoms with Crippen molar-refractivity contribution >= 4 is 52.3 Å². The van der Waals surface area contributed by atoms with Crippen molar-refractivity contribution in [2.45, 2.75) is 197 Å². The largest absolute Gasteiger partial charge is 4.00 e. The first-order valence-corrected chi connectivity index (χ1v) is 31.5. The summed E-state index contributed by atoms with van der Waals surface area (Å²) in [7, 11) is -3.72. The smallest absolute Gasteiger partial charge is 1.00 e. The van der Waals surface area contributed by atoms with E-state index in [9.17, 15) is 19.8 Å². The van der Waals surface area contributed by atoms with Gasteiger partial charge in [-0.2, -0.15) is 0 Å². The van der Waals surface area contributed by atoms with Gasteiger partial charge in [0, 0.05) is 12.4 Å². The van der Waals surface area contributed by atoms with Gasteiger partial charge >= 0.3 is 25.8 Å². The van der Waals surface area contributed by atoms with Crippen LogP contribution in [0.25, 0.3) is 0 Å². The van der Waals surface area contributed by atoms with E-state index >= 15 is 0 Å². The van der Waals surface area contributed by atoms with Crippen molar-refractivity contribution in [2.75, 3.05) is 18.4 Å². The molecule has 4 rings (SSSR count). The number of hydrogen-bond donors (Lipinski definition) is 0. The second-order valence-corrected chi connectivity index (χ2v) is 32.9. The van der Waals surface area contributed by atoms with Gasteiger partial charge in [-0.3, -0.25) is 9.98 Å². The third-order valence-electron chi connectivity index (χ3n) is 9.64. The number of halogens is 4. The minimum atomic E-state index is -1.86. The summed E-state index contributed by atoms with van der Waals surface area (Å²) >= 11 is 9.53. The van der Waals surface area contributed by atoms with Crippen LogP contribution in [-0.4, -0.2) is 56.6 Å². The summed E-state index contributed by atoms with van der Waals surface area (Å²) in [6.45, 7) is 47.8. The van der Waals surface area contributed by atoms with E-state index < -0.39 is 16.6 Å². The van der Waals surface area contributed by atoms with Gasteiger partial charge in [0.15, 0.2) is 0 Å². The number of alkyl halides is 2. The fourth-order valence-corrected chi connectivity index (χ4v) is 5.84. The minimum absolute atomic E-state index is 0. The first-order chi connectivity index (χ1) is 30.2. The van der Waals surface area contributed by atoms with Gasteiger partial charge < -0.3 is 53.8 Å². The molecule has 2 heterocycles. The predicted octanol–water partition coefficient (Wildman–Crippen LogP) is 4.08. The number of nitrogens with zero attached hydrogens (tertiary/aromatic N) is 6. The van der Waals surface area contributed by atoms with Crippen LogP contribution >= 0.6 is 23.2 Å². The molecule has 0 atom stereocenters. The molecule has 70 heavy (non-hydrogen) atoms. The molecule has 0 aliphatic heterocycles. The van der Waals surface area contributed by atoms with Crippen molar-refractivity contribution in [3.8, 4) is 11.5 Å². The molecule has 0 aliphatic carbocycles. The summed E-state index contributed by atoms with van der Waals surface area (Å²) in [5.41, 5.74) is 5.08. The maximum atomic E-state index is 12.9. The monoisotopic (exact) mass is 1340 g/mol. The van der Waals surface area contributed by atoms with Crippen LogP contribution in [0.4, 0.5) is 0 Å². The van der Waals surface area contributed by atoms with Gasteiger partial charge in [0.1, 0.15) is 37.9 Å². The van der Waals surface area contributed by atoms with Crippen LogP contribution in [0.3, 0.4) is 0 Å². The maximum absolute atomic E-state index is 12.9. The number of imidazole rings is 2. The molecule has 4 aromatic rings. The Balaban J connectivity index is -0.000000480. The van der Waals surface area contributed by atoms with Crippen LogP contribution < -0.4 is 62.9 Å². The summed E-state index contributed by atoms with van der Waals surface area (Å²) in [4.78, 5) is 29.6. The van der Waals surface area contributed by atoms with Crippen molar-refractivity contribution < 1.29 is 88.7 Å². The molecular formula is C53H90Br2Cl2HfN6O4Si2. The first kappa shape index (κ1) is 75.1. The van der Waals surface area contributed by atoms with Crippen molar-refractivity contribution in [1.29, 1.82) is 0 Å². The Labute approximate surface area is 478 Å². The molecule has 0 saturated carbocycles. The standard InChI is InChI=1S/2C23H35N3O.2C3H9OSi.CH2Cl2.2BrH.Hf/c2*1-17(2)26-12-11-25(16-26)10-9-24-15-18-13-19(22(3,4)5)14-20(21(18)27)23(6,7)8;2*1-5(2,3)4;2-1-3;;;/h2*11-17H,9-10H2,1-8H3;2*1-3H3;1H2;2*1H;/q;;2*-1;;;;+4/p-2. The summed E-state index contributed by atoms with van der Waals surface area (Å²) < 4.78 is 8.59. The van der Waals surface area contributed by atoms with Crippen molar-refractivity contribution in [3.63, 3.8) is 0 Å². The van der Waals surface area contributed by atoms with E-state index in [1.165, 1.54) is 11.1 Å². The van der Waals surface area contributed by atoms with Gasteiger partial charge in [-0.15, -0.1) is 23.2 Å². The van der Waals surface area contributed by atoms with E-state index in [2.05, 4.69) is 189 Å². The van der Waals surface area contributed by atoms with E-state index in [1.54, 1.807) is 51.7 Å². The van der Waals surface area contributed by atoms with Gasteiger partial charge in [-0.25, -0.2) is 18.3 Å². The fraction of sp³-hybridized carbons (Fsp3) is 0.623. The first-order valence-electron chi connectivity index (χ1n) is 23.6. The Hall–Kier alpha value is -1.44. The van der Waals surface area contributed by atoms with E-state index in [4.69, 9.17) is 23.2 Å². The van der Waals surface area contributed by atoms with E-state index in [0.29, 0.717) is 36.3 Å². The number of benzene rings is 2. The average Bonchev–Trinajstić information content (AvgIpc) is 3.81. The van der Waals surface area contributed by atoms with Crippen LogP contribution in [0.5, 0.6) is 11.5 Å². The zero-order chi connectivity index (χ0) is 52.5. The molecule has 10 nitrogen and oxygen atoms in total. The van der Waals surface area contributed by atoms with Crippen LogP contribution in [0.1, 0.15) is 156 Å². The fourth-order valence-electron chi connectivity index (χ4n) is 5.84. The zero-order valence-corrected chi connectivity index (χ0v) is 57.2. The van der Waals surface area contributed by atoms with Crippen LogP contribution in [0.2, 0.25) is 39.3 Å². The second kappa shape index (κ2) is 32.8. The van der Waals surface area contributed by atoms with Crippen LogP contribution in [-0.2, 0) is 60.6 Å². The number of rotatable bonds is 10. The van der Waals surface area contributed by atoms with E-state index in [1.807, 2.05) is 12.1 Å². The molecule has 0 spiro atoms. The molecule has 0 radical (unpaired) electrons. The second-order valence-electron chi connectivity index (χ2n) is 23.7. The Morgan fingerprint density at radius 3 is 1.01 bits per heavy atom. The summed E-state index contributed by atoms with van der Waals surface area (Å²) in [5, 5.41) is 26.1. The normalized spacial score (nSPS) is 12.1. The van der Waals surface area contributed by atoms with E-state index in [0.717, 1.165) is 24.2 Å². The van der Waals surface area contributed by atoms with Gasteiger partial charge in [-0.05, 0) is 82.7 Å². The van der Waals surface area contributed by atoms with E-state index in [-0.39, 0.29) is 98.3 Å². The van der Waals surface area contributed by atoms with Gasteiger partial charge in [-0.1, -0.05) is 175 Å². The Morgan fingerprint density at radius 2 is 0.814 bits per heavy atom. The van der Waals surface area contributed by atoms with Crippen molar-refractivity contribution in [1.82, 2.24) is 9.13 Å². The Kier molecular flexibility index (Phi) is 35.2. The van der Waals surface area contributed by atoms with Gasteiger partial charge in [0.25, 0.3) is 0 Å². The number of hydrogen-bond acceptors (Lipinski definition) is 6. The summed E-state index contributed by atoms with van der Waals surface area (Å²) in [6, 6.07) is 9.06. The SMILES string of the molecule is CC(C)n1cc[n+](CCN=Cc2cc(C(C)(C)C)cc(C(C)(C)C)c2[O-])c1.CC(C)n1cc[n+](CCN=Cc2cc(C(C)(C)C)cc(C(C)(C)C)c2[O-])c1.C[Si](C)(C)[O-].C[Si](C)(C)[O-].ClCCl.[Br-].[Br-].[Hf+4]. The minimum Gasteiger partial charge on any atom is -1.00 e. The molecule has 17 heteroatoms. The molecule has 0 amide bonds. The number of aromatic nitrogens is 4. The topological polar surface area (TPSA) is 135 Å². The molecule has 0 aliphatic rings. The molecule has 2 aromatic heterocycles. The summed E-state index contributed by atoms with van der Waals surface area (Å²) in [6.07, 6.45) is 16.0. The molecule has 0 saturated heterocycles. The molecule has 2 aromatic carbocycles. The maximum Gasteiger partial charge on any atom is 4.00 e. The van der Waals surface area contributed by atoms with Crippen molar-refractivity contribution in [2.24, 2.45) is 9.98 Å².